The summed E-state index contributed by atoms with van der Waals surface area (Å²) in [6.45, 7) is 1.88. The third-order valence-electron chi connectivity index (χ3n) is 3.31. The lowest BCUT2D eigenvalue weighted by Gasteiger charge is -2.24. The van der Waals surface area contributed by atoms with E-state index in [4.69, 9.17) is 0 Å². The van der Waals surface area contributed by atoms with E-state index in [1.165, 1.54) is 25.5 Å². The summed E-state index contributed by atoms with van der Waals surface area (Å²) in [5, 5.41) is 0. The third kappa shape index (κ3) is 3.68. The van der Waals surface area contributed by atoms with Crippen molar-refractivity contribution < 1.29 is 8.42 Å². The Balaban J connectivity index is 1.95. The van der Waals surface area contributed by atoms with Crippen LogP contribution in [0.15, 0.2) is 16.9 Å². The highest BCUT2D eigenvalue weighted by Crippen LogP contribution is 2.29. The molecule has 0 aliphatic heterocycles. The summed E-state index contributed by atoms with van der Waals surface area (Å²) < 4.78 is 27.1. The molecule has 1 aliphatic carbocycles. The van der Waals surface area contributed by atoms with Crippen LogP contribution in [0.4, 0.5) is 5.69 Å². The summed E-state index contributed by atoms with van der Waals surface area (Å²) in [5.41, 5.74) is 1.44. The zero-order chi connectivity index (χ0) is 13.2. The Morgan fingerprint density at radius 2 is 2.22 bits per heavy atom. The Bertz CT molecular complexity index is 527. The minimum absolute atomic E-state index is 0.201. The number of aromatic nitrogens is 1. The van der Waals surface area contributed by atoms with Crippen molar-refractivity contribution in [2.45, 2.75) is 32.6 Å². The predicted octanol–water partition coefficient (Wildman–Crippen LogP) is 3.08. The SMILES string of the molecule is Cc1cc(NS(=O)(=O)CCC2CCC2)cnc1Br. The maximum absolute atomic E-state index is 11.9. The van der Waals surface area contributed by atoms with Gasteiger partial charge in [-0.3, -0.25) is 4.72 Å². The average molecular weight is 333 g/mol. The first-order chi connectivity index (χ1) is 8.46. The van der Waals surface area contributed by atoms with Crippen molar-refractivity contribution in [3.05, 3.63) is 22.4 Å². The van der Waals surface area contributed by atoms with Gasteiger partial charge in [0.1, 0.15) is 4.60 Å². The molecule has 6 heteroatoms. The van der Waals surface area contributed by atoms with E-state index in [0.29, 0.717) is 11.6 Å². The highest BCUT2D eigenvalue weighted by Gasteiger charge is 2.20. The Labute approximate surface area is 116 Å². The van der Waals surface area contributed by atoms with E-state index in [-0.39, 0.29) is 5.75 Å². The Morgan fingerprint density at radius 3 is 2.78 bits per heavy atom. The molecule has 0 radical (unpaired) electrons. The molecule has 0 aromatic carbocycles. The number of rotatable bonds is 5. The van der Waals surface area contributed by atoms with Crippen molar-refractivity contribution in [3.63, 3.8) is 0 Å². The number of pyridine rings is 1. The van der Waals surface area contributed by atoms with Gasteiger partial charge in [-0.2, -0.15) is 0 Å². The van der Waals surface area contributed by atoms with Gasteiger partial charge in [0.15, 0.2) is 0 Å². The molecule has 1 saturated carbocycles. The van der Waals surface area contributed by atoms with E-state index in [1.54, 1.807) is 6.07 Å². The van der Waals surface area contributed by atoms with Gasteiger partial charge in [-0.25, -0.2) is 13.4 Å². The van der Waals surface area contributed by atoms with Gasteiger partial charge in [-0.15, -0.1) is 0 Å². The molecule has 0 bridgehead atoms. The van der Waals surface area contributed by atoms with Gasteiger partial charge in [0, 0.05) is 0 Å². The minimum Gasteiger partial charge on any atom is -0.282 e. The standard InChI is InChI=1S/C12H17BrN2O2S/c1-9-7-11(8-14-12(9)13)15-18(16,17)6-5-10-3-2-4-10/h7-8,10,15H,2-6H2,1H3. The first-order valence-corrected chi connectivity index (χ1v) is 8.53. The maximum Gasteiger partial charge on any atom is 0.232 e. The molecule has 0 saturated heterocycles. The third-order valence-corrected chi connectivity index (χ3v) is 5.46. The smallest absolute Gasteiger partial charge is 0.232 e. The molecule has 18 heavy (non-hydrogen) atoms. The number of halogens is 1. The van der Waals surface area contributed by atoms with Gasteiger partial charge < -0.3 is 0 Å². The second kappa shape index (κ2) is 5.57. The van der Waals surface area contributed by atoms with Crippen LogP contribution in [0.1, 0.15) is 31.2 Å². The number of hydrogen-bond donors (Lipinski definition) is 1. The summed E-state index contributed by atoms with van der Waals surface area (Å²) in [5.74, 6) is 0.804. The van der Waals surface area contributed by atoms with Crippen LogP contribution in [0.2, 0.25) is 0 Å². The van der Waals surface area contributed by atoms with Crippen LogP contribution in [-0.2, 0) is 10.0 Å². The number of hydrogen-bond acceptors (Lipinski definition) is 3. The number of nitrogens with one attached hydrogen (secondary N) is 1. The van der Waals surface area contributed by atoms with E-state index < -0.39 is 10.0 Å². The van der Waals surface area contributed by atoms with Gasteiger partial charge in [0.05, 0.1) is 17.6 Å². The molecular formula is C12H17BrN2O2S. The molecule has 4 nitrogen and oxygen atoms in total. The van der Waals surface area contributed by atoms with Crippen molar-refractivity contribution in [2.75, 3.05) is 10.5 Å². The van der Waals surface area contributed by atoms with Gasteiger partial charge in [0.2, 0.25) is 10.0 Å². The summed E-state index contributed by atoms with van der Waals surface area (Å²) in [4.78, 5) is 4.08. The van der Waals surface area contributed by atoms with Crippen molar-refractivity contribution in [2.24, 2.45) is 5.92 Å². The van der Waals surface area contributed by atoms with Crippen LogP contribution < -0.4 is 4.72 Å². The molecular weight excluding hydrogens is 316 g/mol. The van der Waals surface area contributed by atoms with Crippen molar-refractivity contribution >= 4 is 31.6 Å². The lowest BCUT2D eigenvalue weighted by Crippen LogP contribution is -2.21. The number of anilines is 1. The van der Waals surface area contributed by atoms with Gasteiger partial charge in [-0.1, -0.05) is 19.3 Å². The summed E-state index contributed by atoms with van der Waals surface area (Å²) >= 11 is 3.29. The largest absolute Gasteiger partial charge is 0.282 e. The van der Waals surface area contributed by atoms with E-state index in [2.05, 4.69) is 25.6 Å². The first-order valence-electron chi connectivity index (χ1n) is 6.09. The van der Waals surface area contributed by atoms with Crippen molar-refractivity contribution in [1.29, 1.82) is 0 Å². The molecule has 100 valence electrons. The van der Waals surface area contributed by atoms with Crippen LogP contribution in [0.3, 0.4) is 0 Å². The molecule has 0 atom stereocenters. The van der Waals surface area contributed by atoms with E-state index >= 15 is 0 Å². The van der Waals surface area contributed by atoms with Gasteiger partial charge in [-0.05, 0) is 46.8 Å². The molecule has 1 aromatic rings. The first kappa shape index (κ1) is 13.8. The van der Waals surface area contributed by atoms with Crippen LogP contribution in [0.5, 0.6) is 0 Å². The van der Waals surface area contributed by atoms with Gasteiger partial charge in [0.25, 0.3) is 0 Å². The lowest BCUT2D eigenvalue weighted by atomic mass is 9.84. The fourth-order valence-corrected chi connectivity index (χ4v) is 3.38. The van der Waals surface area contributed by atoms with E-state index in [1.807, 2.05) is 6.92 Å². The topological polar surface area (TPSA) is 59.1 Å². The molecule has 1 aromatic heterocycles. The molecule has 1 N–H and O–H groups in total. The normalized spacial score (nSPS) is 16.3. The van der Waals surface area contributed by atoms with Crippen LogP contribution in [-0.4, -0.2) is 19.2 Å². The lowest BCUT2D eigenvalue weighted by molar-refractivity contribution is 0.307. The molecule has 1 fully saturated rings. The van der Waals surface area contributed by atoms with Crippen LogP contribution in [0.25, 0.3) is 0 Å². The second-order valence-corrected chi connectivity index (χ2v) is 7.43. The average Bonchev–Trinajstić information content (AvgIpc) is 2.20. The Kier molecular flexibility index (Phi) is 4.27. The number of aryl methyl sites for hydroxylation is 1. The Morgan fingerprint density at radius 1 is 1.50 bits per heavy atom. The minimum atomic E-state index is -3.24. The van der Waals surface area contributed by atoms with E-state index in [9.17, 15) is 8.42 Å². The second-order valence-electron chi connectivity index (χ2n) is 4.84. The summed E-state index contributed by atoms with van der Waals surface area (Å²) in [7, 11) is -3.24. The van der Waals surface area contributed by atoms with Crippen LogP contribution >= 0.6 is 15.9 Å². The summed E-state index contributed by atoms with van der Waals surface area (Å²) in [6, 6.07) is 1.78. The zero-order valence-corrected chi connectivity index (χ0v) is 12.7. The predicted molar refractivity (Wildman–Crippen MR) is 76.0 cm³/mol. The monoisotopic (exact) mass is 332 g/mol. The highest BCUT2D eigenvalue weighted by atomic mass is 79.9. The number of nitrogens with zero attached hydrogens (tertiary/aromatic N) is 1. The molecule has 0 amide bonds. The van der Waals surface area contributed by atoms with E-state index in [0.717, 1.165) is 16.6 Å². The van der Waals surface area contributed by atoms with Crippen molar-refractivity contribution in [1.82, 2.24) is 4.98 Å². The molecule has 1 heterocycles. The maximum atomic E-state index is 11.9. The van der Waals surface area contributed by atoms with Gasteiger partial charge >= 0.3 is 0 Å². The molecule has 2 rings (SSSR count). The Hall–Kier alpha value is -0.620. The van der Waals surface area contributed by atoms with Crippen molar-refractivity contribution in [3.8, 4) is 0 Å². The quantitative estimate of drug-likeness (QED) is 0.843. The molecule has 0 spiro atoms. The summed E-state index contributed by atoms with van der Waals surface area (Å²) in [6.07, 6.45) is 5.88. The molecule has 1 aliphatic rings. The molecule has 0 unspecified atom stereocenters. The highest BCUT2D eigenvalue weighted by molar-refractivity contribution is 9.10. The number of sulfonamides is 1. The fraction of sp³-hybridized carbons (Fsp3) is 0.583. The zero-order valence-electron chi connectivity index (χ0n) is 10.3. The fourth-order valence-electron chi connectivity index (χ4n) is 1.95. The van der Waals surface area contributed by atoms with Crippen LogP contribution in [0, 0.1) is 12.8 Å².